The summed E-state index contributed by atoms with van der Waals surface area (Å²) in [6.07, 6.45) is 1.84. The standard InChI is InChI=1S/C15H25N5/c1-6-13-8-14(19(5)18-13)9-20-12(4)15(7-10(2)16)11(3)17-20/h8,10H,6-7,9,16H2,1-5H3. The molecule has 0 spiro atoms. The smallest absolute Gasteiger partial charge is 0.0831 e. The maximum atomic E-state index is 5.92. The minimum Gasteiger partial charge on any atom is -0.328 e. The summed E-state index contributed by atoms with van der Waals surface area (Å²) in [5, 5.41) is 9.14. The van der Waals surface area contributed by atoms with Gasteiger partial charge in [-0.05, 0) is 45.2 Å². The average Bonchev–Trinajstić information content (AvgIpc) is 2.85. The van der Waals surface area contributed by atoms with Gasteiger partial charge in [-0.2, -0.15) is 10.2 Å². The highest BCUT2D eigenvalue weighted by Gasteiger charge is 2.14. The van der Waals surface area contributed by atoms with Crippen molar-refractivity contribution in [2.45, 2.75) is 53.1 Å². The van der Waals surface area contributed by atoms with Gasteiger partial charge in [0.2, 0.25) is 0 Å². The molecule has 110 valence electrons. The summed E-state index contributed by atoms with van der Waals surface area (Å²) in [5.74, 6) is 0. The highest BCUT2D eigenvalue weighted by Crippen LogP contribution is 2.16. The van der Waals surface area contributed by atoms with Crippen molar-refractivity contribution in [3.8, 4) is 0 Å². The maximum Gasteiger partial charge on any atom is 0.0831 e. The Morgan fingerprint density at radius 1 is 1.30 bits per heavy atom. The van der Waals surface area contributed by atoms with Gasteiger partial charge in [-0.3, -0.25) is 9.36 Å². The second-order valence-electron chi connectivity index (χ2n) is 5.59. The zero-order chi connectivity index (χ0) is 14.9. The Balaban J connectivity index is 2.27. The van der Waals surface area contributed by atoms with E-state index in [0.29, 0.717) is 0 Å². The molecule has 2 rings (SSSR count). The Morgan fingerprint density at radius 3 is 2.55 bits per heavy atom. The second-order valence-corrected chi connectivity index (χ2v) is 5.59. The number of nitrogens with zero attached hydrogens (tertiary/aromatic N) is 4. The fourth-order valence-electron chi connectivity index (χ4n) is 2.55. The largest absolute Gasteiger partial charge is 0.328 e. The molecule has 1 atom stereocenters. The summed E-state index contributed by atoms with van der Waals surface area (Å²) in [7, 11) is 1.99. The summed E-state index contributed by atoms with van der Waals surface area (Å²) >= 11 is 0. The lowest BCUT2D eigenvalue weighted by atomic mass is 10.1. The molecule has 5 heteroatoms. The van der Waals surface area contributed by atoms with Crippen molar-refractivity contribution in [2.24, 2.45) is 12.8 Å². The Bertz CT molecular complexity index is 592. The monoisotopic (exact) mass is 275 g/mol. The first-order valence-corrected chi connectivity index (χ1v) is 7.22. The number of rotatable bonds is 5. The van der Waals surface area contributed by atoms with Crippen LogP contribution in [-0.2, 0) is 26.4 Å². The molecule has 0 aliphatic rings. The van der Waals surface area contributed by atoms with Crippen LogP contribution in [0.3, 0.4) is 0 Å². The molecular formula is C15H25N5. The van der Waals surface area contributed by atoms with Crippen LogP contribution in [0.5, 0.6) is 0 Å². The number of hydrogen-bond donors (Lipinski definition) is 1. The zero-order valence-corrected chi connectivity index (χ0v) is 13.1. The van der Waals surface area contributed by atoms with Crippen molar-refractivity contribution >= 4 is 0 Å². The highest BCUT2D eigenvalue weighted by atomic mass is 15.3. The fraction of sp³-hybridized carbons (Fsp3) is 0.600. The Kier molecular flexibility index (Phi) is 4.28. The van der Waals surface area contributed by atoms with Crippen LogP contribution in [0.2, 0.25) is 0 Å². The van der Waals surface area contributed by atoms with E-state index in [2.05, 4.69) is 41.7 Å². The van der Waals surface area contributed by atoms with E-state index >= 15 is 0 Å². The molecule has 0 aliphatic heterocycles. The number of nitrogens with two attached hydrogens (primary N) is 1. The number of hydrogen-bond acceptors (Lipinski definition) is 3. The van der Waals surface area contributed by atoms with Crippen molar-refractivity contribution in [1.82, 2.24) is 19.6 Å². The van der Waals surface area contributed by atoms with Crippen molar-refractivity contribution in [2.75, 3.05) is 0 Å². The number of aryl methyl sites for hydroxylation is 3. The second kappa shape index (κ2) is 5.79. The van der Waals surface area contributed by atoms with Crippen LogP contribution in [0.25, 0.3) is 0 Å². The molecule has 0 aliphatic carbocycles. The van der Waals surface area contributed by atoms with Crippen LogP contribution in [0.4, 0.5) is 0 Å². The summed E-state index contributed by atoms with van der Waals surface area (Å²) in [6, 6.07) is 2.32. The van der Waals surface area contributed by atoms with E-state index in [-0.39, 0.29) is 6.04 Å². The molecule has 2 heterocycles. The third kappa shape index (κ3) is 2.93. The molecule has 0 bridgehead atoms. The Morgan fingerprint density at radius 2 is 2.00 bits per heavy atom. The lowest BCUT2D eigenvalue weighted by Crippen LogP contribution is -2.18. The van der Waals surface area contributed by atoms with Crippen LogP contribution >= 0.6 is 0 Å². The van der Waals surface area contributed by atoms with Gasteiger partial charge < -0.3 is 5.73 Å². The van der Waals surface area contributed by atoms with E-state index in [1.165, 1.54) is 17.0 Å². The minimum atomic E-state index is 0.161. The topological polar surface area (TPSA) is 61.7 Å². The van der Waals surface area contributed by atoms with Gasteiger partial charge in [-0.1, -0.05) is 6.92 Å². The van der Waals surface area contributed by atoms with Crippen LogP contribution < -0.4 is 5.73 Å². The van der Waals surface area contributed by atoms with Crippen molar-refractivity contribution in [1.29, 1.82) is 0 Å². The van der Waals surface area contributed by atoms with Crippen LogP contribution in [0.15, 0.2) is 6.07 Å². The minimum absolute atomic E-state index is 0.161. The molecule has 0 saturated heterocycles. The lowest BCUT2D eigenvalue weighted by molar-refractivity contribution is 0.601. The zero-order valence-electron chi connectivity index (χ0n) is 13.1. The predicted molar refractivity (Wildman–Crippen MR) is 80.7 cm³/mol. The van der Waals surface area contributed by atoms with Crippen LogP contribution in [-0.4, -0.2) is 25.6 Å². The summed E-state index contributed by atoms with van der Waals surface area (Å²) in [6.45, 7) is 9.09. The molecule has 0 fully saturated rings. The predicted octanol–water partition coefficient (Wildman–Crippen LogP) is 1.73. The van der Waals surface area contributed by atoms with Crippen molar-refractivity contribution in [3.05, 3.63) is 34.4 Å². The van der Waals surface area contributed by atoms with E-state index in [0.717, 1.165) is 30.8 Å². The summed E-state index contributed by atoms with van der Waals surface area (Å²) in [5.41, 5.74) is 11.8. The first kappa shape index (κ1) is 14.8. The Hall–Kier alpha value is -1.62. The average molecular weight is 275 g/mol. The van der Waals surface area contributed by atoms with Gasteiger partial charge >= 0.3 is 0 Å². The van der Waals surface area contributed by atoms with Crippen molar-refractivity contribution < 1.29 is 0 Å². The Labute approximate surface area is 120 Å². The quantitative estimate of drug-likeness (QED) is 0.904. The highest BCUT2D eigenvalue weighted by molar-refractivity contribution is 5.26. The first-order chi connectivity index (χ1) is 9.42. The van der Waals surface area contributed by atoms with Gasteiger partial charge in [0.05, 0.1) is 23.6 Å². The van der Waals surface area contributed by atoms with E-state index in [4.69, 9.17) is 5.73 Å². The van der Waals surface area contributed by atoms with E-state index in [1.54, 1.807) is 0 Å². The molecule has 5 nitrogen and oxygen atoms in total. The van der Waals surface area contributed by atoms with Gasteiger partial charge in [-0.25, -0.2) is 0 Å². The van der Waals surface area contributed by atoms with Crippen LogP contribution in [0.1, 0.15) is 42.2 Å². The normalized spacial score (nSPS) is 12.9. The van der Waals surface area contributed by atoms with Gasteiger partial charge in [-0.15, -0.1) is 0 Å². The molecular weight excluding hydrogens is 250 g/mol. The SMILES string of the molecule is CCc1cc(Cn2nc(C)c(CC(C)N)c2C)n(C)n1. The van der Waals surface area contributed by atoms with E-state index in [1.807, 2.05) is 18.7 Å². The molecule has 0 amide bonds. The summed E-state index contributed by atoms with van der Waals surface area (Å²) < 4.78 is 4.00. The van der Waals surface area contributed by atoms with E-state index in [9.17, 15) is 0 Å². The molecule has 2 aromatic heterocycles. The lowest BCUT2D eigenvalue weighted by Gasteiger charge is -2.07. The maximum absolute atomic E-state index is 5.92. The molecule has 2 aromatic rings. The van der Waals surface area contributed by atoms with Crippen LogP contribution in [0, 0.1) is 13.8 Å². The summed E-state index contributed by atoms with van der Waals surface area (Å²) in [4.78, 5) is 0. The third-order valence-corrected chi connectivity index (χ3v) is 3.76. The molecule has 2 N–H and O–H groups in total. The molecule has 0 saturated carbocycles. The first-order valence-electron chi connectivity index (χ1n) is 7.22. The molecule has 1 unspecified atom stereocenters. The molecule has 0 aromatic carbocycles. The third-order valence-electron chi connectivity index (χ3n) is 3.76. The van der Waals surface area contributed by atoms with E-state index < -0.39 is 0 Å². The molecule has 20 heavy (non-hydrogen) atoms. The van der Waals surface area contributed by atoms with Gasteiger partial charge in [0.15, 0.2) is 0 Å². The number of aromatic nitrogens is 4. The van der Waals surface area contributed by atoms with Gasteiger partial charge in [0.1, 0.15) is 0 Å². The molecule has 0 radical (unpaired) electrons. The fourth-order valence-corrected chi connectivity index (χ4v) is 2.55. The van der Waals surface area contributed by atoms with Gasteiger partial charge in [0.25, 0.3) is 0 Å². The van der Waals surface area contributed by atoms with Crippen molar-refractivity contribution in [3.63, 3.8) is 0 Å². The van der Waals surface area contributed by atoms with Gasteiger partial charge in [0, 0.05) is 18.8 Å².